The van der Waals surface area contributed by atoms with E-state index in [-0.39, 0.29) is 64.5 Å². The fourth-order valence-corrected chi connectivity index (χ4v) is 18.8. The highest BCUT2D eigenvalue weighted by molar-refractivity contribution is 6.01. The number of aliphatic hydroxyl groups is 3. The standard InChI is InChI=1S/C32H36FNO10.C31H48O6/c1-28(2)43-26-14-23-22-10-9-20-13-21(35)11-12-29(20,3)31(22,33)24(36)15-30(23,4)32(26,44-28)25(37)17-41-27(38)19-7-5-18(6-8-19)16-42-34(39)40;1-17(2)9-8-10-20(28(35)36)26-22-15-24(34)27-29(5)13-12-23(33)18(3)21(29)11-14-30(27,6)31(22,7)16-25(26)37-19(4)32/h5-8,11-13,22-24,26,36H,9-10,14-17H2,1-4H3;9,18,21-25,27,33-34H,8,10-16H2,1-7H3,(H,35,36)/b;26-20-/t22-,23-,24-,26+,29-,30-,31-,32+;18-,21-,22-,23+,24+,25-,27-,29-,30-,31-/m00/s1. The minimum Gasteiger partial charge on any atom is -0.478 e. The first-order valence-electron chi connectivity index (χ1n) is 29.1. The molecule has 9 aliphatic rings. The topological polar surface area (TPSA) is 256 Å². The number of hydrogen-bond donors (Lipinski definition) is 4. The number of esters is 2. The summed E-state index contributed by atoms with van der Waals surface area (Å²) in [5, 5.41) is 54.1. The number of carbonyl (C=O) groups excluding carboxylic acids is 4. The second-order valence-corrected chi connectivity index (χ2v) is 27.2. The molecule has 0 spiro atoms. The average Bonchev–Trinajstić information content (AvgIpc) is 3.04. The van der Waals surface area contributed by atoms with Crippen molar-refractivity contribution in [1.82, 2.24) is 0 Å². The lowest BCUT2D eigenvalue weighted by atomic mass is 9.36. The summed E-state index contributed by atoms with van der Waals surface area (Å²) in [6, 6.07) is 5.78. The van der Waals surface area contributed by atoms with Gasteiger partial charge in [0.05, 0.1) is 30.0 Å². The van der Waals surface area contributed by atoms with Gasteiger partial charge in [0.15, 0.2) is 29.4 Å². The van der Waals surface area contributed by atoms with Crippen molar-refractivity contribution < 1.29 is 77.7 Å². The number of carbonyl (C=O) groups is 5. The Labute approximate surface area is 474 Å². The van der Waals surface area contributed by atoms with Gasteiger partial charge in [0.1, 0.15) is 12.7 Å². The molecule has 444 valence electrons. The second-order valence-electron chi connectivity index (χ2n) is 27.2. The predicted octanol–water partition coefficient (Wildman–Crippen LogP) is 9.66. The molecule has 17 nitrogen and oxygen atoms in total. The number of alkyl halides is 1. The highest BCUT2D eigenvalue weighted by Crippen LogP contribution is 2.75. The molecule has 0 radical (unpaired) electrons. The normalized spacial score (nSPS) is 42.7. The third kappa shape index (κ3) is 9.56. The van der Waals surface area contributed by atoms with Gasteiger partial charge in [-0.15, -0.1) is 10.1 Å². The molecule has 4 N–H and O–H groups in total. The highest BCUT2D eigenvalue weighted by Gasteiger charge is 2.80. The van der Waals surface area contributed by atoms with Gasteiger partial charge in [0.25, 0.3) is 5.09 Å². The van der Waals surface area contributed by atoms with Crippen LogP contribution in [0.15, 0.2) is 70.9 Å². The number of hydrogen-bond acceptors (Lipinski definition) is 15. The van der Waals surface area contributed by atoms with Crippen LogP contribution in [0.3, 0.4) is 0 Å². The van der Waals surface area contributed by atoms with Crippen LogP contribution in [0.1, 0.15) is 169 Å². The van der Waals surface area contributed by atoms with Crippen molar-refractivity contribution in [1.29, 1.82) is 0 Å². The molecule has 18 heteroatoms. The Bertz CT molecular complexity index is 2860. The molecule has 1 aromatic rings. The summed E-state index contributed by atoms with van der Waals surface area (Å²) in [6.45, 7) is 20.5. The van der Waals surface area contributed by atoms with E-state index < -0.39 is 99.5 Å². The van der Waals surface area contributed by atoms with Crippen molar-refractivity contribution in [3.05, 3.63) is 92.1 Å². The van der Waals surface area contributed by atoms with Crippen LogP contribution < -0.4 is 0 Å². The van der Waals surface area contributed by atoms with Crippen molar-refractivity contribution >= 4 is 29.5 Å². The van der Waals surface area contributed by atoms with Gasteiger partial charge in [-0.25, -0.2) is 14.0 Å². The molecule has 0 unspecified atom stereocenters. The summed E-state index contributed by atoms with van der Waals surface area (Å²) in [7, 11) is 0. The number of rotatable bonds is 12. The van der Waals surface area contributed by atoms with Crippen LogP contribution in [-0.2, 0) is 49.6 Å². The number of fused-ring (bicyclic) bond motifs is 12. The Morgan fingerprint density at radius 2 is 1.57 bits per heavy atom. The number of halogens is 1. The van der Waals surface area contributed by atoms with E-state index in [2.05, 4.69) is 32.5 Å². The Balaban J connectivity index is 0.000000199. The molecular weight excluding hydrogens is 1050 g/mol. The van der Waals surface area contributed by atoms with Crippen molar-refractivity contribution in [2.24, 2.45) is 62.6 Å². The molecule has 81 heavy (non-hydrogen) atoms. The molecule has 1 heterocycles. The van der Waals surface area contributed by atoms with Crippen molar-refractivity contribution in [2.45, 2.75) is 207 Å². The number of aliphatic carboxylic acids is 1. The maximum absolute atomic E-state index is 17.5. The van der Waals surface area contributed by atoms with E-state index in [1.165, 1.54) is 43.3 Å². The largest absolute Gasteiger partial charge is 0.478 e. The zero-order valence-electron chi connectivity index (χ0n) is 48.9. The summed E-state index contributed by atoms with van der Waals surface area (Å²) in [5.74, 6) is -4.64. The van der Waals surface area contributed by atoms with Gasteiger partial charge >= 0.3 is 17.9 Å². The molecule has 0 amide bonds. The van der Waals surface area contributed by atoms with E-state index in [1.54, 1.807) is 26.8 Å². The first-order chi connectivity index (χ1) is 37.7. The van der Waals surface area contributed by atoms with E-state index in [1.807, 2.05) is 26.8 Å². The van der Waals surface area contributed by atoms with Crippen LogP contribution in [0.5, 0.6) is 0 Å². The molecule has 1 aromatic carbocycles. The third-order valence-electron chi connectivity index (χ3n) is 22.5. The number of Topliss-reactive ketones (excluding diaryl/α,β-unsaturated/α-hetero) is 1. The monoisotopic (exact) mass is 1130 g/mol. The molecule has 0 bridgehead atoms. The van der Waals surface area contributed by atoms with Gasteiger partial charge in [-0.3, -0.25) is 14.4 Å². The van der Waals surface area contributed by atoms with Crippen molar-refractivity contribution in [3.8, 4) is 0 Å². The number of ether oxygens (including phenoxy) is 4. The van der Waals surface area contributed by atoms with Gasteiger partial charge in [-0.2, -0.15) is 0 Å². The SMILES string of the molecule is CC(=O)O[C@H]1C[C@@]2(C)[C@@H](C[C@@H](O)[C@H]3[C@@]4(C)CC[C@@H](O)[C@@H](C)[C@@H]4CC[C@@]32C)/C1=C(\CCC=C(C)C)C(=O)O.CC1(C)O[C@@H]2C[C@H]3[C@@H]4CCC5=CC(=O)C=C[C@]5(C)[C@@]4(F)[C@@H](O)C[C@]3(C)[C@]2(C(=O)COC(=O)c2ccc(CO[N+](=O)[O-])cc2)O1. The number of ketones is 2. The van der Waals surface area contributed by atoms with Crippen molar-refractivity contribution in [2.75, 3.05) is 6.61 Å². The van der Waals surface area contributed by atoms with E-state index in [0.29, 0.717) is 67.6 Å². The van der Waals surface area contributed by atoms with E-state index in [9.17, 15) is 54.5 Å². The van der Waals surface area contributed by atoms with E-state index >= 15 is 4.39 Å². The summed E-state index contributed by atoms with van der Waals surface area (Å²) >= 11 is 0. The van der Waals surface area contributed by atoms with Crippen LogP contribution in [-0.4, -0.2) is 109 Å². The maximum Gasteiger partial charge on any atom is 0.338 e. The lowest BCUT2D eigenvalue weighted by Crippen LogP contribution is -2.70. The van der Waals surface area contributed by atoms with Crippen LogP contribution in [0, 0.1) is 72.7 Å². The minimum atomic E-state index is -2.08. The zero-order chi connectivity index (χ0) is 59.4. The number of benzene rings is 1. The lowest BCUT2D eigenvalue weighted by Gasteiger charge is -2.69. The van der Waals surface area contributed by atoms with Gasteiger partial charge in [0, 0.05) is 29.2 Å². The first-order valence-corrected chi connectivity index (χ1v) is 29.1. The summed E-state index contributed by atoms with van der Waals surface area (Å²) in [6.07, 6.45) is 9.48. The zero-order valence-corrected chi connectivity index (χ0v) is 48.9. The Morgan fingerprint density at radius 1 is 0.877 bits per heavy atom. The molecule has 1 aliphatic heterocycles. The lowest BCUT2D eigenvalue weighted by molar-refractivity contribution is -0.763. The van der Waals surface area contributed by atoms with Gasteiger partial charge in [0.2, 0.25) is 5.78 Å². The predicted molar refractivity (Wildman–Crippen MR) is 293 cm³/mol. The highest BCUT2D eigenvalue weighted by atomic mass is 19.1. The number of aliphatic hydroxyl groups excluding tert-OH is 3. The van der Waals surface area contributed by atoms with Gasteiger partial charge in [-0.05, 0) is 193 Å². The molecule has 8 aliphatic carbocycles. The smallest absolute Gasteiger partial charge is 0.338 e. The fraction of sp³-hybridized carbons (Fsp3) is 0.698. The van der Waals surface area contributed by atoms with Gasteiger partial charge < -0.3 is 44.2 Å². The van der Waals surface area contributed by atoms with Gasteiger partial charge in [-0.1, -0.05) is 70.0 Å². The summed E-state index contributed by atoms with van der Waals surface area (Å²) in [4.78, 5) is 78.8. The Kier molecular flexibility index (Phi) is 15.8. The van der Waals surface area contributed by atoms with Crippen molar-refractivity contribution in [3.63, 3.8) is 0 Å². The third-order valence-corrected chi connectivity index (χ3v) is 22.5. The molecule has 1 saturated heterocycles. The van der Waals surface area contributed by atoms with Crippen LogP contribution in [0.25, 0.3) is 0 Å². The first kappa shape index (κ1) is 60.5. The van der Waals surface area contributed by atoms with E-state index in [0.717, 1.165) is 36.8 Å². The maximum atomic E-state index is 17.5. The number of carboxylic acids is 1. The number of nitrogens with zero attached hydrogens (tertiary/aromatic N) is 1. The fourth-order valence-electron chi connectivity index (χ4n) is 18.8. The molecule has 0 aromatic heterocycles. The number of allylic oxidation sites excluding steroid dienone is 6. The molecule has 8 fully saturated rings. The Hall–Kier alpha value is -5.14. The quantitative estimate of drug-likeness (QED) is 0.0499. The van der Waals surface area contributed by atoms with Crippen LogP contribution >= 0.6 is 0 Å². The minimum absolute atomic E-state index is 0.0474. The molecule has 7 saturated carbocycles. The summed E-state index contributed by atoms with van der Waals surface area (Å²) in [5.41, 5.74) is -3.10. The Morgan fingerprint density at radius 3 is 2.21 bits per heavy atom. The van der Waals surface area contributed by atoms with E-state index in [4.69, 9.17) is 18.9 Å². The molecule has 10 rings (SSSR count). The molecule has 18 atom stereocenters. The molecular formula is C63H84FNO16. The van der Waals surface area contributed by atoms with Crippen LogP contribution in [0.4, 0.5) is 4.39 Å². The second kappa shape index (κ2) is 21.2. The summed E-state index contributed by atoms with van der Waals surface area (Å²) < 4.78 is 41.6. The number of carboxylic acid groups (broad SMARTS) is 1. The van der Waals surface area contributed by atoms with Crippen LogP contribution in [0.2, 0.25) is 0 Å². The average molecular weight is 1130 g/mol.